The number of amides is 1. The van der Waals surface area contributed by atoms with Crippen molar-refractivity contribution < 1.29 is 14.3 Å². The van der Waals surface area contributed by atoms with Crippen molar-refractivity contribution in [3.63, 3.8) is 0 Å². The molecular weight excluding hydrogens is 444 g/mol. The molecule has 0 bridgehead atoms. The van der Waals surface area contributed by atoms with Gasteiger partial charge in [-0.3, -0.25) is 0 Å². The number of hydrogen-bond donors (Lipinski definition) is 1. The van der Waals surface area contributed by atoms with E-state index in [4.69, 9.17) is 9.47 Å². The molecule has 0 aromatic heterocycles. The quantitative estimate of drug-likeness (QED) is 0.164. The molecule has 0 aromatic rings. The normalized spacial score (nSPS) is 19.7. The van der Waals surface area contributed by atoms with Gasteiger partial charge < -0.3 is 19.7 Å². The second kappa shape index (κ2) is 20.3. The predicted molar refractivity (Wildman–Crippen MR) is 145 cm³/mol. The maximum atomic E-state index is 11.9. The minimum absolute atomic E-state index is 0.0828. The Morgan fingerprint density at radius 3 is 2.32 bits per heavy atom. The molecule has 198 valence electrons. The number of nitrogens with zero attached hydrogens (tertiary/aromatic N) is 1. The van der Waals surface area contributed by atoms with Crippen LogP contribution in [0.25, 0.3) is 0 Å². The SMILES string of the molecule is CCCCCCCCCCCCCCC1COC(COC(=O)NCCCCCN2C=CSC2)C1. The molecule has 2 heterocycles. The summed E-state index contributed by atoms with van der Waals surface area (Å²) < 4.78 is 11.2. The molecule has 2 aliphatic heterocycles. The Bertz CT molecular complexity index is 532. The summed E-state index contributed by atoms with van der Waals surface area (Å²) in [6, 6.07) is 0. The Hall–Kier alpha value is -0.880. The number of rotatable bonds is 21. The molecule has 0 radical (unpaired) electrons. The number of thioether (sulfide) groups is 1. The summed E-state index contributed by atoms with van der Waals surface area (Å²) in [5, 5.41) is 5.02. The van der Waals surface area contributed by atoms with Crippen LogP contribution in [0, 0.1) is 5.92 Å². The average Bonchev–Trinajstić information content (AvgIpc) is 3.53. The minimum atomic E-state index is -0.299. The summed E-state index contributed by atoms with van der Waals surface area (Å²) in [5.74, 6) is 1.72. The van der Waals surface area contributed by atoms with Crippen molar-refractivity contribution in [1.29, 1.82) is 0 Å². The van der Waals surface area contributed by atoms with Crippen LogP contribution in [0.4, 0.5) is 4.79 Å². The third-order valence-corrected chi connectivity index (χ3v) is 7.82. The van der Waals surface area contributed by atoms with Gasteiger partial charge in [0, 0.05) is 19.3 Å². The average molecular weight is 497 g/mol. The van der Waals surface area contributed by atoms with Gasteiger partial charge in [0.15, 0.2) is 0 Å². The van der Waals surface area contributed by atoms with Crippen LogP contribution >= 0.6 is 11.8 Å². The Kier molecular flexibility index (Phi) is 17.5. The molecule has 2 unspecified atom stereocenters. The molecule has 0 saturated carbocycles. The maximum Gasteiger partial charge on any atom is 0.407 e. The van der Waals surface area contributed by atoms with E-state index in [-0.39, 0.29) is 12.2 Å². The zero-order valence-electron chi connectivity index (χ0n) is 21.9. The van der Waals surface area contributed by atoms with Crippen molar-refractivity contribution in [2.24, 2.45) is 5.92 Å². The van der Waals surface area contributed by atoms with Gasteiger partial charge in [0.25, 0.3) is 0 Å². The third kappa shape index (κ3) is 15.2. The minimum Gasteiger partial charge on any atom is -0.447 e. The highest BCUT2D eigenvalue weighted by Crippen LogP contribution is 2.25. The van der Waals surface area contributed by atoms with Crippen molar-refractivity contribution in [1.82, 2.24) is 10.2 Å². The van der Waals surface area contributed by atoms with Crippen LogP contribution in [0.1, 0.15) is 116 Å². The molecule has 2 atom stereocenters. The molecule has 2 aliphatic rings. The molecule has 1 amide bonds. The van der Waals surface area contributed by atoms with Gasteiger partial charge in [-0.2, -0.15) is 0 Å². The summed E-state index contributed by atoms with van der Waals surface area (Å²) in [4.78, 5) is 14.2. The predicted octanol–water partition coefficient (Wildman–Crippen LogP) is 7.86. The van der Waals surface area contributed by atoms with Gasteiger partial charge in [-0.15, -0.1) is 11.8 Å². The number of unbranched alkanes of at least 4 members (excludes halogenated alkanes) is 13. The van der Waals surface area contributed by atoms with Crippen LogP contribution in [0.5, 0.6) is 0 Å². The number of alkyl carbamates (subject to hydrolysis) is 1. The fourth-order valence-corrected chi connectivity index (χ4v) is 5.60. The van der Waals surface area contributed by atoms with E-state index in [9.17, 15) is 4.79 Å². The van der Waals surface area contributed by atoms with E-state index in [0.29, 0.717) is 19.1 Å². The monoisotopic (exact) mass is 496 g/mol. The van der Waals surface area contributed by atoms with E-state index >= 15 is 0 Å². The summed E-state index contributed by atoms with van der Waals surface area (Å²) in [6.07, 6.45) is 24.3. The molecule has 6 heteroatoms. The Labute approximate surface area is 214 Å². The summed E-state index contributed by atoms with van der Waals surface area (Å²) in [6.45, 7) is 5.30. The van der Waals surface area contributed by atoms with Gasteiger partial charge in [0.05, 0.1) is 18.6 Å². The molecule has 5 nitrogen and oxygen atoms in total. The second-order valence-corrected chi connectivity index (χ2v) is 11.1. The number of ether oxygens (including phenoxy) is 2. The first-order chi connectivity index (χ1) is 16.8. The van der Waals surface area contributed by atoms with Crippen LogP contribution < -0.4 is 5.32 Å². The van der Waals surface area contributed by atoms with E-state index in [0.717, 1.165) is 44.7 Å². The lowest BCUT2D eigenvalue weighted by molar-refractivity contribution is 0.0426. The molecule has 34 heavy (non-hydrogen) atoms. The van der Waals surface area contributed by atoms with Crippen molar-refractivity contribution >= 4 is 17.9 Å². The summed E-state index contributed by atoms with van der Waals surface area (Å²) >= 11 is 1.84. The van der Waals surface area contributed by atoms with Crippen LogP contribution in [0.15, 0.2) is 11.6 Å². The Morgan fingerprint density at radius 1 is 0.971 bits per heavy atom. The van der Waals surface area contributed by atoms with Crippen molar-refractivity contribution in [3.8, 4) is 0 Å². The zero-order valence-corrected chi connectivity index (χ0v) is 22.8. The fraction of sp³-hybridized carbons (Fsp3) is 0.893. The highest BCUT2D eigenvalue weighted by Gasteiger charge is 2.26. The standard InChI is InChI=1S/C28H52N2O3S/c1-2-3-4-5-6-7-8-9-10-11-12-14-17-26-22-27(32-23-26)24-33-28(31)29-18-15-13-16-19-30-20-21-34-25-30/h20-21,26-27H,2-19,22-25H2,1H3,(H,29,31). The van der Waals surface area contributed by atoms with Gasteiger partial charge in [0.2, 0.25) is 0 Å². The van der Waals surface area contributed by atoms with Gasteiger partial charge in [-0.25, -0.2) is 4.79 Å². The highest BCUT2D eigenvalue weighted by atomic mass is 32.2. The van der Waals surface area contributed by atoms with E-state index in [1.807, 2.05) is 11.8 Å². The summed E-state index contributed by atoms with van der Waals surface area (Å²) in [5.41, 5.74) is 0. The largest absolute Gasteiger partial charge is 0.447 e. The number of nitrogens with one attached hydrogen (secondary N) is 1. The first-order valence-corrected chi connectivity index (χ1v) is 15.4. The third-order valence-electron chi connectivity index (χ3n) is 7.03. The van der Waals surface area contributed by atoms with E-state index in [2.05, 4.69) is 28.7 Å². The van der Waals surface area contributed by atoms with Crippen molar-refractivity contribution in [2.75, 3.05) is 32.2 Å². The van der Waals surface area contributed by atoms with Crippen molar-refractivity contribution in [3.05, 3.63) is 11.6 Å². The highest BCUT2D eigenvalue weighted by molar-refractivity contribution is 8.02. The van der Waals surface area contributed by atoms with E-state index < -0.39 is 0 Å². The van der Waals surface area contributed by atoms with Gasteiger partial charge in [0.1, 0.15) is 6.61 Å². The molecule has 0 aromatic carbocycles. The second-order valence-electron chi connectivity index (χ2n) is 10.2. The number of carbonyl (C=O) groups excluding carboxylic acids is 1. The van der Waals surface area contributed by atoms with Gasteiger partial charge in [-0.1, -0.05) is 84.0 Å². The Morgan fingerprint density at radius 2 is 1.65 bits per heavy atom. The van der Waals surface area contributed by atoms with Gasteiger partial charge in [-0.05, 0) is 43.4 Å². The topological polar surface area (TPSA) is 50.8 Å². The first-order valence-electron chi connectivity index (χ1n) is 14.3. The van der Waals surface area contributed by atoms with Crippen molar-refractivity contribution in [2.45, 2.75) is 122 Å². The molecule has 1 saturated heterocycles. The lowest BCUT2D eigenvalue weighted by Crippen LogP contribution is -2.28. The van der Waals surface area contributed by atoms with E-state index in [1.165, 1.54) is 83.5 Å². The molecular formula is C28H52N2O3S. The fourth-order valence-electron chi connectivity index (χ4n) is 4.85. The van der Waals surface area contributed by atoms with Crippen LogP contribution in [0.3, 0.4) is 0 Å². The maximum absolute atomic E-state index is 11.9. The lowest BCUT2D eigenvalue weighted by Gasteiger charge is -2.14. The molecule has 0 aliphatic carbocycles. The first kappa shape index (κ1) is 29.4. The number of hydrogen-bond acceptors (Lipinski definition) is 5. The lowest BCUT2D eigenvalue weighted by atomic mass is 9.97. The molecule has 0 spiro atoms. The zero-order chi connectivity index (χ0) is 24.1. The molecule has 1 fully saturated rings. The number of carbonyl (C=O) groups is 1. The summed E-state index contributed by atoms with van der Waals surface area (Å²) in [7, 11) is 0. The van der Waals surface area contributed by atoms with Crippen LogP contribution in [-0.2, 0) is 9.47 Å². The molecule has 2 rings (SSSR count). The Balaban J connectivity index is 1.31. The molecule has 1 N–H and O–H groups in total. The van der Waals surface area contributed by atoms with Crippen LogP contribution in [-0.4, -0.2) is 49.3 Å². The van der Waals surface area contributed by atoms with Gasteiger partial charge >= 0.3 is 6.09 Å². The smallest absolute Gasteiger partial charge is 0.407 e. The van der Waals surface area contributed by atoms with Crippen LogP contribution in [0.2, 0.25) is 0 Å². The van der Waals surface area contributed by atoms with E-state index in [1.54, 1.807) is 0 Å².